The lowest BCUT2D eigenvalue weighted by molar-refractivity contribution is -0.871. The highest BCUT2D eigenvalue weighted by Crippen LogP contribution is 2.27. The molecule has 0 aromatic carbocycles. The van der Waals surface area contributed by atoms with Gasteiger partial charge in [0.1, 0.15) is 0 Å². The lowest BCUT2D eigenvalue weighted by atomic mass is 10.1. The molecule has 0 bridgehead atoms. The van der Waals surface area contributed by atoms with Gasteiger partial charge in [0.15, 0.2) is 16.6 Å². The van der Waals surface area contributed by atoms with Crippen LogP contribution in [0.2, 0.25) is 38.3 Å². The summed E-state index contributed by atoms with van der Waals surface area (Å²) in [7, 11) is 7.53. The van der Waals surface area contributed by atoms with Gasteiger partial charge < -0.3 is 54.1 Å². The Labute approximate surface area is 227 Å². The topological polar surface area (TPSA) is 58.0 Å². The zero-order chi connectivity index (χ0) is 25.2. The molecular weight excluding hydrogens is 503 g/mol. The van der Waals surface area contributed by atoms with Gasteiger partial charge in [0.2, 0.25) is 0 Å². The molecule has 6 nitrogen and oxygen atoms in total. The van der Waals surface area contributed by atoms with Crippen molar-refractivity contribution < 1.29 is 43.4 Å². The zero-order valence-corrected chi connectivity index (χ0v) is 28.0. The summed E-state index contributed by atoms with van der Waals surface area (Å²) in [6.45, 7) is 20.9. The molecule has 0 aliphatic rings. The number of halogens is 2. The molecule has 10 heteroatoms. The number of aliphatic hydroxyl groups excluding tert-OH is 1. The summed E-state index contributed by atoms with van der Waals surface area (Å²) in [6, 6.07) is 3.13. The third-order valence-corrected chi connectivity index (χ3v) is 13.7. The first-order chi connectivity index (χ1) is 14.5. The molecule has 0 radical (unpaired) electrons. The molecule has 0 amide bonds. The van der Waals surface area contributed by atoms with Gasteiger partial charge in [-0.2, -0.15) is 0 Å². The van der Waals surface area contributed by atoms with E-state index < -0.39 is 16.6 Å². The molecule has 4 atom stereocenters. The van der Waals surface area contributed by atoms with Crippen molar-refractivity contribution >= 4 is 16.6 Å². The molecule has 210 valence electrons. The first kappa shape index (κ1) is 39.3. The van der Waals surface area contributed by atoms with Crippen molar-refractivity contribution in [3.05, 3.63) is 0 Å². The molecule has 0 fully saturated rings. The molecule has 0 rings (SSSR count). The molecule has 0 spiro atoms. The monoisotopic (exact) mass is 562 g/mol. The Hall–Kier alpha value is 0.774. The Morgan fingerprint density at radius 1 is 0.853 bits per heavy atom. The molecule has 0 aliphatic carbocycles. The Morgan fingerprint density at radius 2 is 1.26 bits per heavy atom. The lowest BCUT2D eigenvalue weighted by Crippen LogP contribution is -3.07. The summed E-state index contributed by atoms with van der Waals surface area (Å²) in [5, 5.41) is 17.1. The normalized spacial score (nSPS) is 16.4. The van der Waals surface area contributed by atoms with Gasteiger partial charge in [-0.25, -0.2) is 0 Å². The molecule has 0 aliphatic heterocycles. The summed E-state index contributed by atoms with van der Waals surface area (Å²) in [6.07, 6.45) is 1.19. The molecule has 4 N–H and O–H groups in total. The Balaban J connectivity index is -0.00000480. The maximum Gasteiger partial charge on any atom is 0.173 e. The van der Waals surface area contributed by atoms with Gasteiger partial charge in [0.05, 0.1) is 67.0 Å². The van der Waals surface area contributed by atoms with Crippen molar-refractivity contribution in [1.82, 2.24) is 10.6 Å². The highest BCUT2D eigenvalue weighted by atomic mass is 35.5. The van der Waals surface area contributed by atoms with Crippen LogP contribution in [0.1, 0.15) is 27.2 Å². The van der Waals surface area contributed by atoms with E-state index in [2.05, 4.69) is 92.8 Å². The molecule has 0 saturated carbocycles. The molecule has 0 heterocycles. The van der Waals surface area contributed by atoms with Crippen LogP contribution in [-0.4, -0.2) is 106 Å². The minimum absolute atomic E-state index is 0. The second kappa shape index (κ2) is 18.1. The summed E-state index contributed by atoms with van der Waals surface area (Å²) in [5.41, 5.74) is 0. The van der Waals surface area contributed by atoms with Crippen LogP contribution in [0.3, 0.4) is 0 Å². The largest absolute Gasteiger partial charge is 1.00 e. The molecule has 0 aromatic heterocycles. The van der Waals surface area contributed by atoms with Crippen LogP contribution in [0.15, 0.2) is 0 Å². The van der Waals surface area contributed by atoms with E-state index in [0.29, 0.717) is 17.9 Å². The number of likely N-dealkylation sites (N-methyl/N-ethyl adjacent to an activating group) is 2. The maximum absolute atomic E-state index is 9.72. The number of nitrogens with one attached hydrogen (secondary N) is 3. The molecular formula is C24H60Cl2N4O2Si2. The molecule has 0 aromatic rings. The number of rotatable bonds is 18. The average Bonchev–Trinajstić information content (AvgIpc) is 2.58. The first-order valence-corrected chi connectivity index (χ1v) is 19.1. The van der Waals surface area contributed by atoms with Crippen LogP contribution in [0.5, 0.6) is 0 Å². The summed E-state index contributed by atoms with van der Waals surface area (Å²) >= 11 is 0. The van der Waals surface area contributed by atoms with Gasteiger partial charge in [0.25, 0.3) is 0 Å². The van der Waals surface area contributed by atoms with Crippen LogP contribution < -0.4 is 40.3 Å². The van der Waals surface area contributed by atoms with E-state index in [1.165, 1.54) is 23.9 Å². The predicted molar refractivity (Wildman–Crippen MR) is 146 cm³/mol. The maximum atomic E-state index is 9.72. The SMILES string of the molecule is CCC(C[NH+](C)C)NCC(C)C[Si](C)(C)O[Si](C)(C)CC(C)CNC(CO)C[N+](C)(C)C.[Cl-].[Cl-]. The van der Waals surface area contributed by atoms with Crippen molar-refractivity contribution in [2.45, 2.75) is 77.6 Å². The lowest BCUT2D eigenvalue weighted by Gasteiger charge is -2.37. The number of quaternary nitrogens is 2. The fourth-order valence-electron chi connectivity index (χ4n) is 5.09. The number of nitrogens with zero attached hydrogens (tertiary/aromatic N) is 1. The Bertz CT molecular complexity index is 510. The van der Waals surface area contributed by atoms with Gasteiger partial charge in [-0.15, -0.1) is 0 Å². The number of aliphatic hydroxyl groups is 1. The number of hydrogen-bond donors (Lipinski definition) is 4. The highest BCUT2D eigenvalue weighted by molar-refractivity contribution is 6.84. The zero-order valence-electron chi connectivity index (χ0n) is 24.5. The predicted octanol–water partition coefficient (Wildman–Crippen LogP) is -4.14. The highest BCUT2D eigenvalue weighted by Gasteiger charge is 2.35. The van der Waals surface area contributed by atoms with E-state index >= 15 is 0 Å². The fraction of sp³-hybridized carbons (Fsp3) is 1.00. The van der Waals surface area contributed by atoms with Crippen LogP contribution in [0.25, 0.3) is 0 Å². The van der Waals surface area contributed by atoms with Crippen LogP contribution in [-0.2, 0) is 4.12 Å². The van der Waals surface area contributed by atoms with Crippen molar-refractivity contribution in [2.24, 2.45) is 11.8 Å². The minimum Gasteiger partial charge on any atom is -1.00 e. The van der Waals surface area contributed by atoms with Crippen molar-refractivity contribution in [1.29, 1.82) is 0 Å². The van der Waals surface area contributed by atoms with Gasteiger partial charge in [-0.05, 0) is 69.6 Å². The summed E-state index contributed by atoms with van der Waals surface area (Å²) in [4.78, 5) is 1.51. The third kappa shape index (κ3) is 20.9. The standard InChI is InChI=1S/C24H59N4O2Si2.2ClH/c1-13-23(16-27(4)5)25-14-21(2)19-31(9,10)30-32(11,12)20-22(3)15-26-24(18-29)17-28(6,7)8;;/h21-26,29H,13-20H2,1-12H3;2*1H/q+1;;/p-1. The van der Waals surface area contributed by atoms with Gasteiger partial charge >= 0.3 is 0 Å². The number of hydrogen-bond acceptors (Lipinski definition) is 4. The van der Waals surface area contributed by atoms with Crippen molar-refractivity contribution in [2.75, 3.05) is 68.0 Å². The van der Waals surface area contributed by atoms with E-state index in [-0.39, 0.29) is 37.5 Å². The molecule has 4 unspecified atom stereocenters. The van der Waals surface area contributed by atoms with E-state index in [0.717, 1.165) is 30.2 Å². The van der Waals surface area contributed by atoms with Crippen LogP contribution >= 0.6 is 0 Å². The quantitative estimate of drug-likeness (QED) is 0.101. The Kier molecular flexibility index (Phi) is 20.9. The Morgan fingerprint density at radius 3 is 1.59 bits per heavy atom. The van der Waals surface area contributed by atoms with Gasteiger partial charge in [-0.1, -0.05) is 20.8 Å². The summed E-state index contributed by atoms with van der Waals surface area (Å²) < 4.78 is 7.80. The fourth-order valence-corrected chi connectivity index (χ4v) is 15.4. The molecule has 0 saturated heterocycles. The molecule has 34 heavy (non-hydrogen) atoms. The van der Waals surface area contributed by atoms with E-state index in [9.17, 15) is 5.11 Å². The second-order valence-electron chi connectivity index (χ2n) is 12.9. The van der Waals surface area contributed by atoms with E-state index in [1.54, 1.807) is 0 Å². The van der Waals surface area contributed by atoms with Crippen LogP contribution in [0, 0.1) is 11.8 Å². The van der Waals surface area contributed by atoms with Crippen molar-refractivity contribution in [3.8, 4) is 0 Å². The summed E-state index contributed by atoms with van der Waals surface area (Å²) in [5.74, 6) is 1.20. The minimum atomic E-state index is -1.74. The van der Waals surface area contributed by atoms with Gasteiger partial charge in [0, 0.05) is 0 Å². The van der Waals surface area contributed by atoms with E-state index in [4.69, 9.17) is 4.12 Å². The second-order valence-corrected chi connectivity index (χ2v) is 21.6. The van der Waals surface area contributed by atoms with Crippen LogP contribution in [0.4, 0.5) is 0 Å². The smallest absolute Gasteiger partial charge is 0.173 e. The average molecular weight is 564 g/mol. The third-order valence-electron chi connectivity index (χ3n) is 5.88. The van der Waals surface area contributed by atoms with Crippen molar-refractivity contribution in [3.63, 3.8) is 0 Å². The van der Waals surface area contributed by atoms with Gasteiger partial charge in [-0.3, -0.25) is 0 Å². The first-order valence-electron chi connectivity index (χ1n) is 12.9. The van der Waals surface area contributed by atoms with E-state index in [1.807, 2.05) is 0 Å².